The molecular weight excluding hydrogens is 160 g/mol. The van der Waals surface area contributed by atoms with E-state index in [0.29, 0.717) is 0 Å². The Kier molecular flexibility index (Phi) is 5.40. The second-order valence-corrected chi connectivity index (χ2v) is 4.60. The maximum absolute atomic E-state index is 3.50. The third-order valence-corrected chi connectivity index (χ3v) is 2.69. The quantitative estimate of drug-likeness (QED) is 0.588. The van der Waals surface area contributed by atoms with E-state index in [4.69, 9.17) is 0 Å². The van der Waals surface area contributed by atoms with Gasteiger partial charge in [0.05, 0.1) is 0 Å². The molecule has 0 saturated heterocycles. The summed E-state index contributed by atoms with van der Waals surface area (Å²) < 4.78 is 0. The molecular formula is C11H24N2. The van der Waals surface area contributed by atoms with E-state index in [-0.39, 0.29) is 0 Å². The Balaban J connectivity index is 1.73. The fourth-order valence-electron chi connectivity index (χ4n) is 1.57. The minimum absolute atomic E-state index is 0.770. The smallest absolute Gasteiger partial charge is 0.00768 e. The third-order valence-electron chi connectivity index (χ3n) is 2.69. The number of hydrogen-bond donors (Lipinski definition) is 2. The van der Waals surface area contributed by atoms with Gasteiger partial charge >= 0.3 is 0 Å². The van der Waals surface area contributed by atoms with Gasteiger partial charge in [0.15, 0.2) is 0 Å². The average molecular weight is 184 g/mol. The molecule has 2 N–H and O–H groups in total. The van der Waals surface area contributed by atoms with Gasteiger partial charge in [-0.15, -0.1) is 0 Å². The standard InChI is InChI=1S/C11H24N2/c1-10(2)8-12-6-7-13-9-11-4-3-5-11/h10-13H,3-9H2,1-2H3. The van der Waals surface area contributed by atoms with Crippen molar-refractivity contribution in [1.29, 1.82) is 0 Å². The Labute approximate surface area is 82.5 Å². The number of nitrogens with one attached hydrogen (secondary N) is 2. The van der Waals surface area contributed by atoms with Crippen LogP contribution >= 0.6 is 0 Å². The van der Waals surface area contributed by atoms with Crippen LogP contribution in [0.2, 0.25) is 0 Å². The summed E-state index contributed by atoms with van der Waals surface area (Å²) in [5.74, 6) is 1.76. The number of hydrogen-bond acceptors (Lipinski definition) is 2. The van der Waals surface area contributed by atoms with Crippen LogP contribution in [0, 0.1) is 11.8 Å². The highest BCUT2D eigenvalue weighted by Crippen LogP contribution is 2.24. The Hall–Kier alpha value is -0.0800. The maximum atomic E-state index is 3.50. The molecule has 2 heteroatoms. The van der Waals surface area contributed by atoms with E-state index in [2.05, 4.69) is 24.5 Å². The molecule has 0 bridgehead atoms. The van der Waals surface area contributed by atoms with Crippen LogP contribution in [-0.4, -0.2) is 26.2 Å². The van der Waals surface area contributed by atoms with Gasteiger partial charge in [-0.1, -0.05) is 20.3 Å². The summed E-state index contributed by atoms with van der Waals surface area (Å²) in [4.78, 5) is 0. The van der Waals surface area contributed by atoms with E-state index in [1.54, 1.807) is 0 Å². The van der Waals surface area contributed by atoms with Crippen molar-refractivity contribution in [2.24, 2.45) is 11.8 Å². The molecule has 0 aromatic rings. The van der Waals surface area contributed by atoms with E-state index in [9.17, 15) is 0 Å². The summed E-state index contributed by atoms with van der Waals surface area (Å²) in [6, 6.07) is 0. The molecule has 1 fully saturated rings. The Bertz CT molecular complexity index is 119. The normalized spacial score (nSPS) is 17.8. The molecule has 1 rings (SSSR count). The zero-order valence-electron chi connectivity index (χ0n) is 9.10. The fourth-order valence-corrected chi connectivity index (χ4v) is 1.57. The van der Waals surface area contributed by atoms with E-state index in [0.717, 1.165) is 31.5 Å². The molecule has 0 aliphatic heterocycles. The third kappa shape index (κ3) is 5.27. The predicted molar refractivity (Wildman–Crippen MR) is 57.9 cm³/mol. The van der Waals surface area contributed by atoms with Crippen LogP contribution in [0.25, 0.3) is 0 Å². The molecule has 13 heavy (non-hydrogen) atoms. The van der Waals surface area contributed by atoms with E-state index in [1.807, 2.05) is 0 Å². The zero-order chi connectivity index (χ0) is 9.52. The predicted octanol–water partition coefficient (Wildman–Crippen LogP) is 1.62. The Morgan fingerprint density at radius 1 is 1.15 bits per heavy atom. The van der Waals surface area contributed by atoms with Crippen molar-refractivity contribution in [2.45, 2.75) is 33.1 Å². The first-order valence-electron chi connectivity index (χ1n) is 5.70. The van der Waals surface area contributed by atoms with Crippen LogP contribution in [0.4, 0.5) is 0 Å². The monoisotopic (exact) mass is 184 g/mol. The second-order valence-electron chi connectivity index (χ2n) is 4.60. The van der Waals surface area contributed by atoms with Crippen LogP contribution in [0.1, 0.15) is 33.1 Å². The lowest BCUT2D eigenvalue weighted by molar-refractivity contribution is 0.302. The second kappa shape index (κ2) is 6.39. The lowest BCUT2D eigenvalue weighted by atomic mass is 9.85. The van der Waals surface area contributed by atoms with Crippen molar-refractivity contribution >= 4 is 0 Å². The summed E-state index contributed by atoms with van der Waals surface area (Å²) in [5, 5.41) is 6.93. The van der Waals surface area contributed by atoms with E-state index in [1.165, 1.54) is 25.8 Å². The van der Waals surface area contributed by atoms with Crippen LogP contribution in [0.5, 0.6) is 0 Å². The molecule has 0 aromatic heterocycles. The molecule has 0 atom stereocenters. The molecule has 0 radical (unpaired) electrons. The van der Waals surface area contributed by atoms with Gasteiger partial charge in [0.25, 0.3) is 0 Å². The van der Waals surface area contributed by atoms with Crippen LogP contribution in [-0.2, 0) is 0 Å². The minimum Gasteiger partial charge on any atom is -0.315 e. The first-order valence-corrected chi connectivity index (χ1v) is 5.70. The van der Waals surface area contributed by atoms with Crippen LogP contribution in [0.3, 0.4) is 0 Å². The van der Waals surface area contributed by atoms with Gasteiger partial charge in [-0.3, -0.25) is 0 Å². The molecule has 1 saturated carbocycles. The fraction of sp³-hybridized carbons (Fsp3) is 1.00. The van der Waals surface area contributed by atoms with Crippen molar-refractivity contribution in [1.82, 2.24) is 10.6 Å². The first kappa shape index (κ1) is 11.0. The van der Waals surface area contributed by atoms with Crippen LogP contribution < -0.4 is 10.6 Å². The van der Waals surface area contributed by atoms with Gasteiger partial charge < -0.3 is 10.6 Å². The highest BCUT2D eigenvalue weighted by molar-refractivity contribution is 4.71. The van der Waals surface area contributed by atoms with E-state index >= 15 is 0 Å². The van der Waals surface area contributed by atoms with Crippen LogP contribution in [0.15, 0.2) is 0 Å². The number of rotatable bonds is 7. The first-order chi connectivity index (χ1) is 6.29. The van der Waals surface area contributed by atoms with Crippen molar-refractivity contribution in [3.05, 3.63) is 0 Å². The molecule has 1 aliphatic carbocycles. The van der Waals surface area contributed by atoms with Crippen molar-refractivity contribution in [3.8, 4) is 0 Å². The lowest BCUT2D eigenvalue weighted by Gasteiger charge is -2.25. The van der Waals surface area contributed by atoms with Crippen molar-refractivity contribution in [2.75, 3.05) is 26.2 Å². The van der Waals surface area contributed by atoms with E-state index < -0.39 is 0 Å². The van der Waals surface area contributed by atoms with Gasteiger partial charge in [0.2, 0.25) is 0 Å². The van der Waals surface area contributed by atoms with Gasteiger partial charge in [-0.25, -0.2) is 0 Å². The Morgan fingerprint density at radius 3 is 2.38 bits per heavy atom. The molecule has 0 amide bonds. The lowest BCUT2D eigenvalue weighted by Crippen LogP contribution is -2.33. The SMILES string of the molecule is CC(C)CNCCNCC1CCC1. The average Bonchev–Trinajstić information content (AvgIpc) is 1.99. The highest BCUT2D eigenvalue weighted by atomic mass is 14.9. The summed E-state index contributed by atoms with van der Waals surface area (Å²) in [6.45, 7) is 9.12. The molecule has 2 nitrogen and oxygen atoms in total. The van der Waals surface area contributed by atoms with Gasteiger partial charge in [-0.2, -0.15) is 0 Å². The molecule has 1 aliphatic rings. The molecule has 0 unspecified atom stereocenters. The highest BCUT2D eigenvalue weighted by Gasteiger charge is 2.15. The summed E-state index contributed by atoms with van der Waals surface area (Å²) in [6.07, 6.45) is 4.36. The largest absolute Gasteiger partial charge is 0.315 e. The molecule has 0 spiro atoms. The van der Waals surface area contributed by atoms with Gasteiger partial charge in [0.1, 0.15) is 0 Å². The summed E-state index contributed by atoms with van der Waals surface area (Å²) in [5.41, 5.74) is 0. The summed E-state index contributed by atoms with van der Waals surface area (Å²) in [7, 11) is 0. The zero-order valence-corrected chi connectivity index (χ0v) is 9.10. The van der Waals surface area contributed by atoms with Crippen molar-refractivity contribution in [3.63, 3.8) is 0 Å². The van der Waals surface area contributed by atoms with Gasteiger partial charge in [-0.05, 0) is 37.8 Å². The summed E-state index contributed by atoms with van der Waals surface area (Å²) >= 11 is 0. The Morgan fingerprint density at radius 2 is 1.85 bits per heavy atom. The van der Waals surface area contributed by atoms with Crippen molar-refractivity contribution < 1.29 is 0 Å². The maximum Gasteiger partial charge on any atom is 0.00768 e. The topological polar surface area (TPSA) is 24.1 Å². The molecule has 0 aromatic carbocycles. The minimum atomic E-state index is 0.770. The van der Waals surface area contributed by atoms with Gasteiger partial charge in [0, 0.05) is 13.1 Å². The molecule has 0 heterocycles. The molecule has 78 valence electrons.